The van der Waals surface area contributed by atoms with Gasteiger partial charge in [0, 0.05) is 108 Å². The fourth-order valence-corrected chi connectivity index (χ4v) is 28.3. The van der Waals surface area contributed by atoms with Crippen molar-refractivity contribution in [3.05, 3.63) is 162 Å². The van der Waals surface area contributed by atoms with Crippen molar-refractivity contribution in [2.45, 2.75) is 231 Å². The van der Waals surface area contributed by atoms with Gasteiger partial charge in [-0.05, 0) is 278 Å². The maximum Gasteiger partial charge on any atom is 0.286 e. The number of benzene rings is 4. The molecule has 5 N–H and O–H groups in total. The van der Waals surface area contributed by atoms with Gasteiger partial charge in [-0.15, -0.1) is 0 Å². The van der Waals surface area contributed by atoms with E-state index in [9.17, 15) is 79.2 Å². The number of hydrogen-bond acceptors (Lipinski definition) is 16. The Hall–Kier alpha value is -5.70. The van der Waals surface area contributed by atoms with Gasteiger partial charge in [0.2, 0.25) is 50.1 Å². The highest BCUT2D eigenvalue weighted by molar-refractivity contribution is 7.90. The average molecular weight is 2090 g/mol. The molecule has 11 aliphatic rings. The molecule has 756 valence electrons. The predicted molar refractivity (Wildman–Crippen MR) is 528 cm³/mol. The normalized spacial score (nSPS) is 21.0. The lowest BCUT2D eigenvalue weighted by Gasteiger charge is -2.42. The van der Waals surface area contributed by atoms with Crippen molar-refractivity contribution in [3.8, 4) is 0 Å². The monoisotopic (exact) mass is 2090 g/mol. The van der Waals surface area contributed by atoms with Gasteiger partial charge in [0.1, 0.15) is 5.82 Å². The lowest BCUT2D eigenvalue weighted by atomic mass is 9.74. The molecule has 0 atom stereocenters. The molecule has 0 bridgehead atoms. The van der Waals surface area contributed by atoms with E-state index in [0.29, 0.717) is 185 Å². The molecule has 5 amide bonds. The minimum atomic E-state index is -3.25. The molecule has 5 aromatic rings. The molecule has 6 aliphatic carbocycles. The molecule has 136 heavy (non-hydrogen) atoms. The van der Waals surface area contributed by atoms with Crippen LogP contribution in [0.2, 0.25) is 25.1 Å². The second-order valence-electron chi connectivity index (χ2n) is 40.5. The second kappa shape index (κ2) is 47.2. The quantitative estimate of drug-likeness (QED) is 0.0247. The van der Waals surface area contributed by atoms with Crippen LogP contribution in [0.1, 0.15) is 273 Å². The molecule has 0 spiro atoms. The van der Waals surface area contributed by atoms with Crippen LogP contribution < -0.4 is 26.6 Å². The van der Waals surface area contributed by atoms with Crippen LogP contribution in [-0.2, 0) is 50.1 Å². The largest absolute Gasteiger partial charge is 0.459 e. The summed E-state index contributed by atoms with van der Waals surface area (Å²) in [4.78, 5) is 62.4. The van der Waals surface area contributed by atoms with Gasteiger partial charge in [-0.2, -0.15) is 0 Å². The van der Waals surface area contributed by atoms with Crippen molar-refractivity contribution in [1.29, 1.82) is 0 Å². The Labute approximate surface area is 828 Å². The number of halogens is 8. The van der Waals surface area contributed by atoms with Gasteiger partial charge in [0.05, 0.1) is 71.3 Å². The summed E-state index contributed by atoms with van der Waals surface area (Å²) in [5, 5.41) is 16.0. The van der Waals surface area contributed by atoms with Gasteiger partial charge in [-0.25, -0.2) is 76.8 Å². The van der Waals surface area contributed by atoms with Crippen molar-refractivity contribution < 1.29 is 83.7 Å². The van der Waals surface area contributed by atoms with Crippen molar-refractivity contribution in [3.63, 3.8) is 0 Å². The number of amides is 5. The van der Waals surface area contributed by atoms with Crippen LogP contribution in [0.5, 0.6) is 0 Å². The smallest absolute Gasteiger partial charge is 0.286 e. The van der Waals surface area contributed by atoms with Gasteiger partial charge in [-0.3, -0.25) is 24.0 Å². The Morgan fingerprint density at radius 2 is 0.699 bits per heavy atom. The first-order valence-electron chi connectivity index (χ1n) is 48.5. The van der Waals surface area contributed by atoms with Crippen molar-refractivity contribution >= 4 is 138 Å². The minimum Gasteiger partial charge on any atom is -0.459 e. The maximum atomic E-state index is 13.8. The van der Waals surface area contributed by atoms with Gasteiger partial charge < -0.3 is 31.0 Å². The van der Waals surface area contributed by atoms with Gasteiger partial charge in [0.15, 0.2) is 17.4 Å². The van der Waals surface area contributed by atoms with E-state index in [1.165, 1.54) is 86.2 Å². The van der Waals surface area contributed by atoms with Crippen LogP contribution >= 0.6 is 58.0 Å². The molecule has 39 heteroatoms. The lowest BCUT2D eigenvalue weighted by Crippen LogP contribution is -2.49. The van der Waals surface area contributed by atoms with Crippen molar-refractivity contribution in [1.82, 2.24) is 48.1 Å². The minimum absolute atomic E-state index is 0.00164. The van der Waals surface area contributed by atoms with Gasteiger partial charge >= 0.3 is 0 Å². The van der Waals surface area contributed by atoms with Crippen LogP contribution in [0, 0.1) is 74.1 Å². The second-order valence-corrected chi connectivity index (χ2v) is 53.7. The summed E-state index contributed by atoms with van der Waals surface area (Å²) in [6.45, 7) is 16.5. The summed E-state index contributed by atoms with van der Waals surface area (Å²) in [5.74, 6) is 0.0222. The van der Waals surface area contributed by atoms with Gasteiger partial charge in [-0.1, -0.05) is 142 Å². The topological polar surface area (TPSA) is 346 Å². The number of nitrogens with zero attached hydrogens (tertiary/aromatic N) is 5. The van der Waals surface area contributed by atoms with E-state index in [-0.39, 0.29) is 89.4 Å². The van der Waals surface area contributed by atoms with Crippen LogP contribution in [0.15, 0.2) is 95.6 Å². The van der Waals surface area contributed by atoms with E-state index in [1.54, 1.807) is 86.5 Å². The highest BCUT2D eigenvalue weighted by atomic mass is 35.5. The highest BCUT2D eigenvalue weighted by Crippen LogP contribution is 2.52. The summed E-state index contributed by atoms with van der Waals surface area (Å²) < 4.78 is 177. The van der Waals surface area contributed by atoms with Crippen molar-refractivity contribution in [2.24, 2.45) is 56.7 Å². The third-order valence-electron chi connectivity index (χ3n) is 29.3. The Balaban J connectivity index is 0.000000153. The third-order valence-corrected chi connectivity index (χ3v) is 41.4. The molecule has 11 fully saturated rings. The Morgan fingerprint density at radius 3 is 1.00 bits per heavy atom. The first-order chi connectivity index (χ1) is 64.4. The summed E-state index contributed by atoms with van der Waals surface area (Å²) in [6.07, 6.45) is 29.2. The fraction of sp³-hybridized carbons (Fsp3) is 0.660. The molecule has 5 aliphatic heterocycles. The summed E-state index contributed by atoms with van der Waals surface area (Å²) in [7, 11) is -15.9. The molecule has 5 saturated heterocycles. The maximum absolute atomic E-state index is 13.8. The van der Waals surface area contributed by atoms with Crippen LogP contribution in [0.25, 0.3) is 0 Å². The number of carbonyl (C=O) groups is 5. The molecule has 1 aromatic heterocycles. The molecular weight excluding hydrogens is 1960 g/mol. The summed E-state index contributed by atoms with van der Waals surface area (Å²) in [5.41, 5.74) is 0.400. The zero-order chi connectivity index (χ0) is 98.4. The number of piperidine rings is 5. The standard InChI is InChI=1S/C20H26Cl2N2O3S.C20H28Cl2N2O3S.C20H28ClFN2O3S.C19H26F2N2O3S.C18H28N2O4S/c21-15-3-6-17(18(22)11-15)19(25)23-13-20(12-14-1-2-14)7-9-24(10-8-20)28(26,27)16-4-5-16;1-2-11-28(26,27)24-9-7-20(8-10-24,13-15-3-4-15)14-23-19(25)17-6-5-16(21)12-18(17)22;1-14(2)28(26,27)24-9-7-20(8-10-24,12-15-3-4-15)13-23-19(25)17-6-5-16(22)11-18(17)21;1-2-27(25,26)23-10-8-19(9-11-23,12-14-6-7-14)13-22-18(24)15-4-3-5-16(20)17(15)21;1-2-12-25(22,23)20-9-7-18(8-10-20,13-15-5-6-15)14-19-17(21)16-4-3-11-24-16/h3,6,11,14,16H,1-2,4-5,7-10,12-13H2,(H,23,25);5-6,12,15H,2-4,7-11,13-14H2,1H3,(H,23,25);5-6,11,14-15H,3-4,7-10,12-13H2,1-2H3,(H,23,25);3-5,14H,2,6-13H2,1H3,(H,22,24);3-4,11,15H,2,5-10,12-14H2,1H3,(H,19,21). The van der Waals surface area contributed by atoms with E-state index in [4.69, 9.17) is 62.4 Å². The molecule has 4 aromatic carbocycles. The first kappa shape index (κ1) is 109. The van der Waals surface area contributed by atoms with Crippen LogP contribution in [-0.4, -0.2) is 219 Å². The zero-order valence-electron chi connectivity index (χ0n) is 78.8. The highest BCUT2D eigenvalue weighted by Gasteiger charge is 2.50. The number of furan rings is 1. The average Bonchev–Trinajstić information content (AvgIpc) is 1.68. The molecule has 6 saturated carbocycles. The number of hydrogen-bond donors (Lipinski definition) is 5. The molecule has 26 nitrogen and oxygen atoms in total. The number of rotatable bonds is 37. The third kappa shape index (κ3) is 30.7. The molecule has 6 heterocycles. The molecule has 0 unspecified atom stereocenters. The van der Waals surface area contributed by atoms with E-state index >= 15 is 0 Å². The van der Waals surface area contributed by atoms with Crippen LogP contribution in [0.4, 0.5) is 13.2 Å². The number of sulfonamides is 5. The molecule has 16 rings (SSSR count). The van der Waals surface area contributed by atoms with E-state index in [2.05, 4.69) is 26.6 Å². The van der Waals surface area contributed by atoms with E-state index < -0.39 is 78.7 Å². The lowest BCUT2D eigenvalue weighted by molar-refractivity contribution is 0.0844. The Morgan fingerprint density at radius 1 is 0.382 bits per heavy atom. The Bertz CT molecular complexity index is 5420. The van der Waals surface area contributed by atoms with Gasteiger partial charge in [0.25, 0.3) is 29.5 Å². The summed E-state index contributed by atoms with van der Waals surface area (Å²) in [6, 6.07) is 20.3. The number of carbonyl (C=O) groups excluding carboxylic acids is 5. The fourth-order valence-electron chi connectivity index (χ4n) is 19.8. The number of nitrogens with one attached hydrogen (secondary N) is 5. The Kier molecular flexibility index (Phi) is 37.9. The SMILES string of the molecule is CC(C)S(=O)(=O)N1CCC(CNC(=O)c2ccc(F)cc2Cl)(CC2CC2)CC1.CCCS(=O)(=O)N1CCC(CNC(=O)c2ccc(Cl)cc2Cl)(CC2CC2)CC1.CCCS(=O)(=O)N1CCC(CNC(=O)c2ccco2)(CC2CC2)CC1.CCS(=O)(=O)N1CCC(CNC(=O)c2cccc(F)c2F)(CC2CC2)CC1.O=C(NCC1(CC2CC2)CCN(S(=O)(=O)C2CC2)CC1)c1ccc(Cl)cc1Cl. The zero-order valence-corrected chi connectivity index (χ0v) is 86.6. The molecule has 0 radical (unpaired) electrons. The van der Waals surface area contributed by atoms with Crippen LogP contribution in [0.3, 0.4) is 0 Å². The van der Waals surface area contributed by atoms with Crippen molar-refractivity contribution in [2.75, 3.05) is 115 Å². The first-order valence-corrected chi connectivity index (χ1v) is 58.2. The van der Waals surface area contributed by atoms with E-state index in [0.717, 1.165) is 127 Å². The molecular formula is C97H136Cl5F3N10O16S5. The predicted octanol–water partition coefficient (Wildman–Crippen LogP) is 17.8. The summed E-state index contributed by atoms with van der Waals surface area (Å²) >= 11 is 30.1. The van der Waals surface area contributed by atoms with E-state index in [1.807, 2.05) is 13.8 Å².